The fourth-order valence-corrected chi connectivity index (χ4v) is 4.59. The number of methoxy groups -OCH3 is 2. The van der Waals surface area contributed by atoms with Gasteiger partial charge in [-0.1, -0.05) is 29.8 Å². The molecule has 1 N–H and O–H groups in total. The number of rotatable bonds is 10. The van der Waals surface area contributed by atoms with Crippen molar-refractivity contribution in [2.24, 2.45) is 0 Å². The number of thioether (sulfide) groups is 1. The van der Waals surface area contributed by atoms with Crippen LogP contribution in [0.2, 0.25) is 5.02 Å². The first-order chi connectivity index (χ1) is 18.8. The molecule has 39 heavy (non-hydrogen) atoms. The number of amides is 3. The van der Waals surface area contributed by atoms with Crippen molar-refractivity contribution in [3.8, 4) is 17.2 Å². The second-order valence-corrected chi connectivity index (χ2v) is 9.57. The van der Waals surface area contributed by atoms with Crippen LogP contribution in [0, 0.1) is 0 Å². The Morgan fingerprint density at radius 3 is 2.38 bits per heavy atom. The number of anilines is 1. The molecule has 1 aliphatic rings. The van der Waals surface area contributed by atoms with Gasteiger partial charge in [-0.2, -0.15) is 0 Å². The van der Waals surface area contributed by atoms with Crippen molar-refractivity contribution in [2.75, 3.05) is 32.7 Å². The Kier molecular flexibility index (Phi) is 8.90. The van der Waals surface area contributed by atoms with Crippen LogP contribution in [0.5, 0.6) is 17.2 Å². The molecular formula is C28H23ClN2O7S. The lowest BCUT2D eigenvalue weighted by atomic mass is 10.1. The van der Waals surface area contributed by atoms with E-state index in [2.05, 4.69) is 5.32 Å². The molecule has 1 aliphatic heterocycles. The predicted molar refractivity (Wildman–Crippen MR) is 149 cm³/mol. The molecular weight excluding hydrogens is 544 g/mol. The highest BCUT2D eigenvalue weighted by Crippen LogP contribution is 2.35. The quantitative estimate of drug-likeness (QED) is 0.260. The third kappa shape index (κ3) is 6.78. The van der Waals surface area contributed by atoms with Crippen LogP contribution in [0.1, 0.15) is 15.9 Å². The zero-order valence-electron chi connectivity index (χ0n) is 20.9. The summed E-state index contributed by atoms with van der Waals surface area (Å²) in [6, 6.07) is 18.1. The highest BCUT2D eigenvalue weighted by atomic mass is 35.5. The second-order valence-electron chi connectivity index (χ2n) is 8.15. The minimum Gasteiger partial charge on any atom is -0.495 e. The lowest BCUT2D eigenvalue weighted by molar-refractivity contribution is -0.122. The number of hydrogen-bond acceptors (Lipinski definition) is 8. The Hall–Kier alpha value is -4.28. The zero-order chi connectivity index (χ0) is 27.9. The van der Waals surface area contributed by atoms with E-state index in [1.807, 2.05) is 0 Å². The zero-order valence-corrected chi connectivity index (χ0v) is 22.5. The van der Waals surface area contributed by atoms with Crippen LogP contribution in [0.3, 0.4) is 0 Å². The number of Topliss-reactive ketones (excluding diaryl/α,β-unsaturated/α-hetero) is 1. The number of ketones is 1. The summed E-state index contributed by atoms with van der Waals surface area (Å²) in [4.78, 5) is 51.3. The third-order valence-electron chi connectivity index (χ3n) is 5.57. The molecule has 0 aliphatic carbocycles. The van der Waals surface area contributed by atoms with Gasteiger partial charge < -0.3 is 19.5 Å². The summed E-state index contributed by atoms with van der Waals surface area (Å²) in [5.74, 6) is -0.191. The standard InChI is InChI=1S/C28H23ClN2O7S/c1-36-22-6-4-3-5-20(22)30-26(33)16-38-23-12-7-17(13-24(23)37-2)14-25-27(34)31(28(35)39-25)15-21(32)18-8-10-19(29)11-9-18/h3-14H,15-16H2,1-2H3,(H,30,33)/b25-14-. The predicted octanol–water partition coefficient (Wildman–Crippen LogP) is 5.29. The highest BCUT2D eigenvalue weighted by molar-refractivity contribution is 8.18. The fraction of sp³-hybridized carbons (Fsp3) is 0.143. The topological polar surface area (TPSA) is 111 Å². The summed E-state index contributed by atoms with van der Waals surface area (Å²) in [6.07, 6.45) is 1.53. The Morgan fingerprint density at radius 2 is 1.67 bits per heavy atom. The molecule has 3 amide bonds. The number of imide groups is 1. The van der Waals surface area contributed by atoms with E-state index >= 15 is 0 Å². The Bertz CT molecular complexity index is 1460. The van der Waals surface area contributed by atoms with E-state index in [4.69, 9.17) is 25.8 Å². The van der Waals surface area contributed by atoms with Gasteiger partial charge in [0.25, 0.3) is 17.1 Å². The minimum atomic E-state index is -0.570. The van der Waals surface area contributed by atoms with Gasteiger partial charge in [-0.05, 0) is 71.9 Å². The maximum atomic E-state index is 12.9. The van der Waals surface area contributed by atoms with Crippen LogP contribution >= 0.6 is 23.4 Å². The van der Waals surface area contributed by atoms with Gasteiger partial charge in [-0.3, -0.25) is 24.1 Å². The number of halogens is 1. The van der Waals surface area contributed by atoms with E-state index in [1.54, 1.807) is 54.6 Å². The van der Waals surface area contributed by atoms with Crippen LogP contribution in [0.25, 0.3) is 6.08 Å². The molecule has 0 aromatic heterocycles. The maximum absolute atomic E-state index is 12.9. The van der Waals surface area contributed by atoms with Gasteiger partial charge in [-0.25, -0.2) is 0 Å². The van der Waals surface area contributed by atoms with Crippen molar-refractivity contribution in [1.29, 1.82) is 0 Å². The van der Waals surface area contributed by atoms with Crippen molar-refractivity contribution in [3.63, 3.8) is 0 Å². The Labute approximate surface area is 233 Å². The molecule has 1 saturated heterocycles. The molecule has 0 atom stereocenters. The fourth-order valence-electron chi connectivity index (χ4n) is 3.63. The van der Waals surface area contributed by atoms with Crippen molar-refractivity contribution < 1.29 is 33.4 Å². The van der Waals surface area contributed by atoms with Crippen molar-refractivity contribution in [2.45, 2.75) is 0 Å². The van der Waals surface area contributed by atoms with Gasteiger partial charge in [0.15, 0.2) is 23.9 Å². The van der Waals surface area contributed by atoms with E-state index < -0.39 is 17.1 Å². The molecule has 0 bridgehead atoms. The second kappa shape index (κ2) is 12.5. The van der Waals surface area contributed by atoms with E-state index in [9.17, 15) is 19.2 Å². The number of carbonyl (C=O) groups is 4. The maximum Gasteiger partial charge on any atom is 0.293 e. The molecule has 4 rings (SSSR count). The summed E-state index contributed by atoms with van der Waals surface area (Å²) in [5.41, 5.74) is 1.42. The molecule has 3 aromatic carbocycles. The lowest BCUT2D eigenvalue weighted by Gasteiger charge is -2.13. The van der Waals surface area contributed by atoms with E-state index in [1.165, 1.54) is 32.4 Å². The number of benzene rings is 3. The van der Waals surface area contributed by atoms with Crippen LogP contribution < -0.4 is 19.5 Å². The largest absolute Gasteiger partial charge is 0.495 e. The summed E-state index contributed by atoms with van der Waals surface area (Å²) < 4.78 is 16.2. The first-order valence-corrected chi connectivity index (χ1v) is 12.8. The molecule has 11 heteroatoms. The van der Waals surface area contributed by atoms with Crippen LogP contribution in [0.15, 0.2) is 71.6 Å². The van der Waals surface area contributed by atoms with Gasteiger partial charge in [-0.15, -0.1) is 0 Å². The summed E-state index contributed by atoms with van der Waals surface area (Å²) >= 11 is 6.59. The van der Waals surface area contributed by atoms with Gasteiger partial charge in [0.05, 0.1) is 31.4 Å². The van der Waals surface area contributed by atoms with E-state index in [-0.39, 0.29) is 23.8 Å². The monoisotopic (exact) mass is 566 g/mol. The number of nitrogens with one attached hydrogen (secondary N) is 1. The van der Waals surface area contributed by atoms with Crippen LogP contribution in [0.4, 0.5) is 10.5 Å². The first-order valence-electron chi connectivity index (χ1n) is 11.6. The average Bonchev–Trinajstić information content (AvgIpc) is 3.20. The normalized spacial score (nSPS) is 13.9. The van der Waals surface area contributed by atoms with Gasteiger partial charge >= 0.3 is 0 Å². The smallest absolute Gasteiger partial charge is 0.293 e. The number of hydrogen-bond donors (Lipinski definition) is 1. The molecule has 0 saturated carbocycles. The SMILES string of the molecule is COc1ccccc1NC(=O)COc1ccc(/C=C2\SC(=O)N(CC(=O)c3ccc(Cl)cc3)C2=O)cc1OC. The molecule has 9 nitrogen and oxygen atoms in total. The molecule has 0 radical (unpaired) electrons. The van der Waals surface area contributed by atoms with Crippen LogP contribution in [-0.2, 0) is 9.59 Å². The number of ether oxygens (including phenoxy) is 3. The van der Waals surface area contributed by atoms with Gasteiger partial charge in [0, 0.05) is 10.6 Å². The molecule has 0 spiro atoms. The third-order valence-corrected chi connectivity index (χ3v) is 6.73. The highest BCUT2D eigenvalue weighted by Gasteiger charge is 2.36. The Morgan fingerprint density at radius 1 is 0.949 bits per heavy atom. The van der Waals surface area contributed by atoms with Gasteiger partial charge in [0.1, 0.15) is 5.75 Å². The Balaban J connectivity index is 1.41. The van der Waals surface area contributed by atoms with Gasteiger partial charge in [0.2, 0.25) is 0 Å². The summed E-state index contributed by atoms with van der Waals surface area (Å²) in [7, 11) is 2.95. The molecule has 200 valence electrons. The van der Waals surface area contributed by atoms with Crippen molar-refractivity contribution in [3.05, 3.63) is 87.8 Å². The molecule has 1 heterocycles. The minimum absolute atomic E-state index is 0.163. The lowest BCUT2D eigenvalue weighted by Crippen LogP contribution is -2.33. The molecule has 0 unspecified atom stereocenters. The summed E-state index contributed by atoms with van der Waals surface area (Å²) in [5, 5.41) is 2.66. The van der Waals surface area contributed by atoms with Crippen LogP contribution in [-0.4, -0.2) is 55.1 Å². The van der Waals surface area contributed by atoms with E-state index in [0.717, 1.165) is 16.7 Å². The first kappa shape index (κ1) is 27.7. The number of carbonyl (C=O) groups excluding carboxylic acids is 4. The molecule has 1 fully saturated rings. The number of para-hydroxylation sites is 2. The van der Waals surface area contributed by atoms with Crippen molar-refractivity contribution >= 4 is 58.0 Å². The average molecular weight is 567 g/mol. The van der Waals surface area contributed by atoms with E-state index in [0.29, 0.717) is 39.1 Å². The molecule has 3 aromatic rings. The summed E-state index contributed by atoms with van der Waals surface area (Å²) in [6.45, 7) is -0.662. The number of nitrogens with zero attached hydrogens (tertiary/aromatic N) is 1. The van der Waals surface area contributed by atoms with Crippen molar-refractivity contribution in [1.82, 2.24) is 4.90 Å².